The molecule has 0 saturated carbocycles. The van der Waals surface area contributed by atoms with E-state index in [0.717, 1.165) is 97.8 Å². The molecule has 52 heavy (non-hydrogen) atoms. The molecule has 3 aliphatic rings. The molecule has 4 aromatic rings. The molecule has 2 amide bonds. The maximum absolute atomic E-state index is 11.7. The minimum Gasteiger partial charge on any atom is -0.496 e. The number of halogens is 2. The SMILES string of the molecule is COc1cc(-c2nccc(-c3cccc(-c4ccc(CN5CC6(C5)CN(C(C)=O)C6)c(OC)n4)c3Cl)c2Cl)ccc1CNC1CCN(C(C)=O)CC1. The van der Waals surface area contributed by atoms with Gasteiger partial charge in [-0.05, 0) is 31.0 Å². The molecule has 5 heterocycles. The third kappa shape index (κ3) is 7.22. The molecule has 0 unspecified atom stereocenters. The lowest BCUT2D eigenvalue weighted by Gasteiger charge is -2.60. The number of piperidine rings is 1. The number of ether oxygens (including phenoxy) is 2. The molecule has 0 aliphatic carbocycles. The molecule has 272 valence electrons. The van der Waals surface area contributed by atoms with Crippen molar-refractivity contribution >= 4 is 35.0 Å². The predicted molar refractivity (Wildman–Crippen MR) is 204 cm³/mol. The number of aromatic nitrogens is 2. The summed E-state index contributed by atoms with van der Waals surface area (Å²) in [5.74, 6) is 1.59. The lowest BCUT2D eigenvalue weighted by Crippen LogP contribution is -2.72. The zero-order chi connectivity index (χ0) is 36.6. The Bertz CT molecular complexity index is 1990. The average molecular weight is 744 g/mol. The Kier molecular flexibility index (Phi) is 10.4. The van der Waals surface area contributed by atoms with Crippen LogP contribution < -0.4 is 14.8 Å². The number of amides is 2. The van der Waals surface area contributed by atoms with Crippen LogP contribution in [0.1, 0.15) is 37.8 Å². The molecule has 0 atom stereocenters. The van der Waals surface area contributed by atoms with E-state index in [4.69, 9.17) is 37.7 Å². The quantitative estimate of drug-likeness (QED) is 0.195. The summed E-state index contributed by atoms with van der Waals surface area (Å²) in [6.07, 6.45) is 3.59. The van der Waals surface area contributed by atoms with Crippen LogP contribution in [-0.2, 0) is 22.7 Å². The van der Waals surface area contributed by atoms with Crippen LogP contribution in [0.3, 0.4) is 0 Å². The van der Waals surface area contributed by atoms with Crippen molar-refractivity contribution in [1.29, 1.82) is 0 Å². The van der Waals surface area contributed by atoms with Crippen LogP contribution in [0.2, 0.25) is 10.0 Å². The van der Waals surface area contributed by atoms with Gasteiger partial charge in [0.05, 0.1) is 35.7 Å². The molecule has 2 aromatic carbocycles. The fourth-order valence-corrected chi connectivity index (χ4v) is 8.49. The van der Waals surface area contributed by atoms with Crippen molar-refractivity contribution < 1.29 is 19.1 Å². The molecule has 1 N–H and O–H groups in total. The van der Waals surface area contributed by atoms with Crippen molar-refractivity contribution in [2.75, 3.05) is 53.5 Å². The first-order valence-corrected chi connectivity index (χ1v) is 18.5. The van der Waals surface area contributed by atoms with Gasteiger partial charge in [0.2, 0.25) is 17.7 Å². The van der Waals surface area contributed by atoms with Crippen molar-refractivity contribution in [3.63, 3.8) is 0 Å². The first-order valence-electron chi connectivity index (χ1n) is 17.7. The lowest BCUT2D eigenvalue weighted by atomic mass is 9.72. The topological polar surface area (TPSA) is 100 Å². The molecular weight excluding hydrogens is 699 g/mol. The smallest absolute Gasteiger partial charge is 0.219 e. The van der Waals surface area contributed by atoms with Crippen LogP contribution in [0.4, 0.5) is 0 Å². The van der Waals surface area contributed by atoms with Gasteiger partial charge in [0.15, 0.2) is 0 Å². The number of benzene rings is 2. The monoisotopic (exact) mass is 742 g/mol. The lowest BCUT2D eigenvalue weighted by molar-refractivity contribution is -0.157. The fourth-order valence-electron chi connectivity index (χ4n) is 7.84. The van der Waals surface area contributed by atoms with Crippen LogP contribution in [0.15, 0.2) is 60.8 Å². The van der Waals surface area contributed by atoms with Gasteiger partial charge in [-0.15, -0.1) is 0 Å². The zero-order valence-electron chi connectivity index (χ0n) is 30.0. The Morgan fingerprint density at radius 3 is 2.23 bits per heavy atom. The summed E-state index contributed by atoms with van der Waals surface area (Å²) in [5.41, 5.74) is 6.73. The third-order valence-corrected chi connectivity index (χ3v) is 11.5. The van der Waals surface area contributed by atoms with E-state index < -0.39 is 0 Å². The second-order valence-corrected chi connectivity index (χ2v) is 15.0. The normalized spacial score (nSPS) is 17.1. The number of nitrogens with zero attached hydrogens (tertiary/aromatic N) is 5. The van der Waals surface area contributed by atoms with Crippen LogP contribution in [0, 0.1) is 5.41 Å². The minimum absolute atomic E-state index is 0.135. The van der Waals surface area contributed by atoms with E-state index in [2.05, 4.69) is 21.3 Å². The van der Waals surface area contributed by atoms with Crippen molar-refractivity contribution in [3.05, 3.63) is 82.0 Å². The molecule has 3 aliphatic heterocycles. The molecule has 12 heteroatoms. The third-order valence-electron chi connectivity index (χ3n) is 10.7. The van der Waals surface area contributed by atoms with Crippen LogP contribution in [0.25, 0.3) is 33.6 Å². The molecule has 3 fully saturated rings. The van der Waals surface area contributed by atoms with Crippen LogP contribution in [0.5, 0.6) is 11.6 Å². The summed E-state index contributed by atoms with van der Waals surface area (Å²) in [6, 6.07) is 18.1. The number of carbonyl (C=O) groups is 2. The Morgan fingerprint density at radius 2 is 1.54 bits per heavy atom. The maximum atomic E-state index is 11.7. The summed E-state index contributed by atoms with van der Waals surface area (Å²) < 4.78 is 11.6. The highest BCUT2D eigenvalue weighted by molar-refractivity contribution is 6.39. The summed E-state index contributed by atoms with van der Waals surface area (Å²) in [7, 11) is 3.30. The molecule has 0 radical (unpaired) electrons. The summed E-state index contributed by atoms with van der Waals surface area (Å²) in [4.78, 5) is 39.1. The average Bonchev–Trinajstić information content (AvgIpc) is 3.11. The highest BCUT2D eigenvalue weighted by Gasteiger charge is 2.52. The van der Waals surface area contributed by atoms with E-state index in [1.165, 1.54) is 0 Å². The standard InChI is InChI=1S/C40H44Cl2N6O4/c1-25(49)47-16-13-30(14-17-47)44-19-28-9-8-27(18-35(28)51-3)38-37(42)32(12-15-43-38)31-6-5-7-33(36(31)41)34-11-10-29(39(45-34)52-4)20-46-21-40(22-46)23-48(24-40)26(2)50/h5-12,15,18,30,44H,13-14,16-17,19-24H2,1-4H3. The van der Waals surface area contributed by atoms with Gasteiger partial charge in [0.25, 0.3) is 0 Å². The van der Waals surface area contributed by atoms with Crippen molar-refractivity contribution in [1.82, 2.24) is 30.0 Å². The van der Waals surface area contributed by atoms with Crippen LogP contribution in [-0.4, -0.2) is 96.0 Å². The van der Waals surface area contributed by atoms with Gasteiger partial charge in [0, 0.05) is 117 Å². The van der Waals surface area contributed by atoms with Crippen LogP contribution >= 0.6 is 23.2 Å². The Balaban J connectivity index is 1.07. The Labute approximate surface area is 315 Å². The maximum Gasteiger partial charge on any atom is 0.219 e. The number of carbonyl (C=O) groups excluding carboxylic acids is 2. The molecule has 3 saturated heterocycles. The van der Waals surface area contributed by atoms with E-state index in [0.29, 0.717) is 39.9 Å². The van der Waals surface area contributed by atoms with Gasteiger partial charge in [-0.2, -0.15) is 0 Å². The number of rotatable bonds is 10. The largest absolute Gasteiger partial charge is 0.496 e. The number of nitrogens with one attached hydrogen (secondary N) is 1. The van der Waals surface area contributed by atoms with E-state index in [1.54, 1.807) is 34.3 Å². The number of methoxy groups -OCH3 is 2. The number of hydrogen-bond donors (Lipinski definition) is 1. The number of hydrogen-bond acceptors (Lipinski definition) is 8. The molecule has 0 bridgehead atoms. The molecular formula is C40H44Cl2N6O4. The molecule has 7 rings (SSSR count). The van der Waals surface area contributed by atoms with Gasteiger partial charge in [-0.25, -0.2) is 4.98 Å². The summed E-state index contributed by atoms with van der Waals surface area (Å²) >= 11 is 14.2. The highest BCUT2D eigenvalue weighted by Crippen LogP contribution is 2.43. The van der Waals surface area contributed by atoms with E-state index >= 15 is 0 Å². The van der Waals surface area contributed by atoms with Gasteiger partial charge < -0.3 is 24.6 Å². The molecule has 2 aromatic heterocycles. The van der Waals surface area contributed by atoms with Gasteiger partial charge in [0.1, 0.15) is 5.75 Å². The van der Waals surface area contributed by atoms with E-state index in [9.17, 15) is 9.59 Å². The van der Waals surface area contributed by atoms with Gasteiger partial charge >= 0.3 is 0 Å². The van der Waals surface area contributed by atoms with E-state index in [1.807, 2.05) is 58.3 Å². The van der Waals surface area contributed by atoms with Gasteiger partial charge in [-0.3, -0.25) is 19.5 Å². The van der Waals surface area contributed by atoms with E-state index in [-0.39, 0.29) is 17.2 Å². The highest BCUT2D eigenvalue weighted by atomic mass is 35.5. The Morgan fingerprint density at radius 1 is 0.846 bits per heavy atom. The van der Waals surface area contributed by atoms with Gasteiger partial charge in [-0.1, -0.05) is 59.6 Å². The Hall–Kier alpha value is -4.22. The second kappa shape index (κ2) is 15.0. The van der Waals surface area contributed by atoms with Crippen molar-refractivity contribution in [2.24, 2.45) is 5.41 Å². The fraction of sp³-hybridized carbons (Fsp3) is 0.400. The van der Waals surface area contributed by atoms with Crippen molar-refractivity contribution in [2.45, 2.75) is 45.8 Å². The summed E-state index contributed by atoms with van der Waals surface area (Å²) in [6.45, 7) is 9.79. The number of pyridine rings is 2. The zero-order valence-corrected chi connectivity index (χ0v) is 31.6. The second-order valence-electron chi connectivity index (χ2n) is 14.3. The molecule has 1 spiro atoms. The minimum atomic E-state index is 0.135. The predicted octanol–water partition coefficient (Wildman–Crippen LogP) is 6.57. The summed E-state index contributed by atoms with van der Waals surface area (Å²) in [5, 5.41) is 4.65. The first kappa shape index (κ1) is 36.2. The molecule has 10 nitrogen and oxygen atoms in total. The van der Waals surface area contributed by atoms with Crippen molar-refractivity contribution in [3.8, 4) is 45.3 Å². The number of likely N-dealkylation sites (tertiary alicyclic amines) is 3. The first-order chi connectivity index (χ1) is 25.1.